The number of hydrogen-bond donors (Lipinski definition) is 1. The van der Waals surface area contributed by atoms with Crippen molar-refractivity contribution < 1.29 is 9.21 Å². The van der Waals surface area contributed by atoms with E-state index < -0.39 is 0 Å². The Morgan fingerprint density at radius 1 is 1.30 bits per heavy atom. The number of thiophene rings is 1. The van der Waals surface area contributed by atoms with Gasteiger partial charge in [0.15, 0.2) is 5.09 Å². The van der Waals surface area contributed by atoms with Crippen molar-refractivity contribution >= 4 is 29.0 Å². The highest BCUT2D eigenvalue weighted by atomic mass is 32.2. The predicted octanol–water partition coefficient (Wildman–Crippen LogP) is 3.62. The van der Waals surface area contributed by atoms with Crippen LogP contribution >= 0.6 is 23.1 Å². The molecular formula is C17H20N2O2S2. The number of piperidine rings is 3. The van der Waals surface area contributed by atoms with E-state index in [0.717, 1.165) is 26.5 Å². The van der Waals surface area contributed by atoms with Gasteiger partial charge in [-0.1, -0.05) is 0 Å². The minimum atomic E-state index is 0.0659. The Balaban J connectivity index is 1.39. The van der Waals surface area contributed by atoms with Crippen LogP contribution in [-0.2, 0) is 0 Å². The fourth-order valence-corrected chi connectivity index (χ4v) is 5.40. The van der Waals surface area contributed by atoms with E-state index in [4.69, 9.17) is 4.42 Å². The first kappa shape index (κ1) is 15.3. The third-order valence-electron chi connectivity index (χ3n) is 4.69. The van der Waals surface area contributed by atoms with Crippen molar-refractivity contribution in [1.82, 2.24) is 10.2 Å². The van der Waals surface area contributed by atoms with Gasteiger partial charge in [0.25, 0.3) is 5.91 Å². The van der Waals surface area contributed by atoms with E-state index in [1.54, 1.807) is 11.8 Å². The summed E-state index contributed by atoms with van der Waals surface area (Å²) in [5.41, 5.74) is 0. The largest absolute Gasteiger partial charge is 0.455 e. The molecule has 3 aliphatic rings. The second kappa shape index (κ2) is 6.34. The lowest BCUT2D eigenvalue weighted by Gasteiger charge is -2.44. The van der Waals surface area contributed by atoms with E-state index in [2.05, 4.69) is 10.2 Å². The Labute approximate surface area is 144 Å². The van der Waals surface area contributed by atoms with Crippen LogP contribution in [-0.4, -0.2) is 36.5 Å². The zero-order chi connectivity index (χ0) is 15.8. The molecule has 0 radical (unpaired) electrons. The lowest BCUT2D eigenvalue weighted by molar-refractivity contribution is 0.0622. The minimum Gasteiger partial charge on any atom is -0.455 e. The van der Waals surface area contributed by atoms with Crippen molar-refractivity contribution in [2.24, 2.45) is 5.92 Å². The topological polar surface area (TPSA) is 45.5 Å². The van der Waals surface area contributed by atoms with Gasteiger partial charge in [0.2, 0.25) is 0 Å². The number of nitrogens with one attached hydrogen (secondary N) is 1. The summed E-state index contributed by atoms with van der Waals surface area (Å²) in [4.78, 5) is 15.7. The van der Waals surface area contributed by atoms with Crippen LogP contribution in [0, 0.1) is 12.8 Å². The number of fused-ring (bicyclic) bond motifs is 3. The summed E-state index contributed by atoms with van der Waals surface area (Å²) >= 11 is 3.10. The Morgan fingerprint density at radius 3 is 2.78 bits per heavy atom. The number of amides is 1. The van der Waals surface area contributed by atoms with Crippen LogP contribution in [0.1, 0.15) is 28.3 Å². The zero-order valence-corrected chi connectivity index (χ0v) is 14.7. The highest BCUT2D eigenvalue weighted by molar-refractivity contribution is 8.01. The summed E-state index contributed by atoms with van der Waals surface area (Å²) in [6, 6.07) is 8.15. The highest BCUT2D eigenvalue weighted by Crippen LogP contribution is 2.34. The van der Waals surface area contributed by atoms with Gasteiger partial charge in [-0.3, -0.25) is 4.79 Å². The molecule has 2 aromatic rings. The molecule has 1 unspecified atom stereocenters. The van der Waals surface area contributed by atoms with Crippen LogP contribution in [0.2, 0.25) is 0 Å². The Morgan fingerprint density at radius 2 is 2.13 bits per heavy atom. The van der Waals surface area contributed by atoms with E-state index in [-0.39, 0.29) is 5.91 Å². The fraction of sp³-hybridized carbons (Fsp3) is 0.471. The van der Waals surface area contributed by atoms with Gasteiger partial charge < -0.3 is 14.6 Å². The monoisotopic (exact) mass is 348 g/mol. The fourth-order valence-electron chi connectivity index (χ4n) is 3.43. The molecule has 3 aliphatic heterocycles. The van der Waals surface area contributed by atoms with Crippen LogP contribution in [0.4, 0.5) is 0 Å². The molecule has 0 spiro atoms. The molecule has 0 saturated carbocycles. The van der Waals surface area contributed by atoms with Crippen molar-refractivity contribution in [2.45, 2.75) is 35.1 Å². The van der Waals surface area contributed by atoms with Crippen LogP contribution in [0.3, 0.4) is 0 Å². The van der Waals surface area contributed by atoms with Gasteiger partial charge in [-0.15, -0.1) is 11.3 Å². The summed E-state index contributed by atoms with van der Waals surface area (Å²) in [5, 5.41) is 4.11. The zero-order valence-electron chi connectivity index (χ0n) is 13.1. The number of nitrogens with zero attached hydrogens (tertiary/aromatic N) is 1. The standard InChI is InChI=1S/C17H20N2O2S2/c1-11-2-4-15(21-11)23-16-5-3-14(22-16)17(20)18-13-10-19-8-6-12(13)7-9-19/h2-5,12-13H,6-10H2,1H3,(H,18,20). The van der Waals surface area contributed by atoms with Gasteiger partial charge in [-0.05, 0) is 74.8 Å². The molecular weight excluding hydrogens is 328 g/mol. The number of furan rings is 1. The number of carbonyl (C=O) groups excluding carboxylic acids is 1. The highest BCUT2D eigenvalue weighted by Gasteiger charge is 2.35. The van der Waals surface area contributed by atoms with Gasteiger partial charge in [0.1, 0.15) is 5.76 Å². The van der Waals surface area contributed by atoms with E-state index in [1.807, 2.05) is 31.2 Å². The number of carbonyl (C=O) groups is 1. The minimum absolute atomic E-state index is 0.0659. The van der Waals surface area contributed by atoms with E-state index in [9.17, 15) is 4.79 Å². The predicted molar refractivity (Wildman–Crippen MR) is 92.3 cm³/mol. The second-order valence-corrected chi connectivity index (χ2v) is 8.69. The number of aryl methyl sites for hydroxylation is 1. The molecule has 0 aliphatic carbocycles. The molecule has 1 N–H and O–H groups in total. The Bertz CT molecular complexity index is 701. The van der Waals surface area contributed by atoms with Crippen LogP contribution in [0.5, 0.6) is 0 Å². The van der Waals surface area contributed by atoms with E-state index in [1.165, 1.54) is 37.3 Å². The molecule has 23 heavy (non-hydrogen) atoms. The van der Waals surface area contributed by atoms with Crippen molar-refractivity contribution in [3.63, 3.8) is 0 Å². The van der Waals surface area contributed by atoms with Gasteiger partial charge in [0, 0.05) is 12.6 Å². The molecule has 2 aromatic heterocycles. The summed E-state index contributed by atoms with van der Waals surface area (Å²) in [6.45, 7) is 5.33. The van der Waals surface area contributed by atoms with Crippen molar-refractivity contribution in [1.29, 1.82) is 0 Å². The summed E-state index contributed by atoms with van der Waals surface area (Å²) in [5.74, 6) is 1.63. The van der Waals surface area contributed by atoms with Crippen LogP contribution < -0.4 is 5.32 Å². The van der Waals surface area contributed by atoms with Crippen LogP contribution in [0.25, 0.3) is 0 Å². The van der Waals surface area contributed by atoms with Gasteiger partial charge in [-0.2, -0.15) is 0 Å². The first-order valence-electron chi connectivity index (χ1n) is 8.05. The maximum absolute atomic E-state index is 12.5. The molecule has 3 saturated heterocycles. The molecule has 2 bridgehead atoms. The van der Waals surface area contributed by atoms with Crippen molar-refractivity contribution in [3.05, 3.63) is 34.9 Å². The molecule has 5 rings (SSSR count). The quantitative estimate of drug-likeness (QED) is 0.916. The van der Waals surface area contributed by atoms with E-state index in [0.29, 0.717) is 12.0 Å². The molecule has 4 nitrogen and oxygen atoms in total. The lowest BCUT2D eigenvalue weighted by Crippen LogP contribution is -2.57. The first-order chi connectivity index (χ1) is 11.2. The van der Waals surface area contributed by atoms with Gasteiger partial charge in [0.05, 0.1) is 9.09 Å². The third kappa shape index (κ3) is 3.34. The smallest absolute Gasteiger partial charge is 0.261 e. The van der Waals surface area contributed by atoms with Crippen molar-refractivity contribution in [3.8, 4) is 0 Å². The van der Waals surface area contributed by atoms with E-state index >= 15 is 0 Å². The Kier molecular flexibility index (Phi) is 4.22. The molecule has 122 valence electrons. The van der Waals surface area contributed by atoms with Crippen molar-refractivity contribution in [2.75, 3.05) is 19.6 Å². The molecule has 1 atom stereocenters. The molecule has 0 aromatic carbocycles. The lowest BCUT2D eigenvalue weighted by atomic mass is 9.84. The summed E-state index contributed by atoms with van der Waals surface area (Å²) in [6.07, 6.45) is 2.43. The molecule has 5 heterocycles. The van der Waals surface area contributed by atoms with Crippen LogP contribution in [0.15, 0.2) is 38.0 Å². The first-order valence-corrected chi connectivity index (χ1v) is 9.68. The third-order valence-corrected chi connectivity index (χ3v) is 6.83. The maximum Gasteiger partial charge on any atom is 0.261 e. The average Bonchev–Trinajstić information content (AvgIpc) is 3.18. The van der Waals surface area contributed by atoms with Gasteiger partial charge >= 0.3 is 0 Å². The molecule has 6 heteroatoms. The summed E-state index contributed by atoms with van der Waals surface area (Å²) < 4.78 is 6.66. The van der Waals surface area contributed by atoms with Gasteiger partial charge in [-0.25, -0.2) is 0 Å². The Hall–Kier alpha value is -1.24. The summed E-state index contributed by atoms with van der Waals surface area (Å²) in [7, 11) is 0. The number of hydrogen-bond acceptors (Lipinski definition) is 5. The molecule has 1 amide bonds. The SMILES string of the molecule is Cc1ccc(Sc2ccc(C(=O)NC3CN4CCC3CC4)s2)o1. The molecule has 3 fully saturated rings. The number of rotatable bonds is 4. The maximum atomic E-state index is 12.5. The normalized spacial score (nSPS) is 26.4. The average molecular weight is 348 g/mol. The second-order valence-electron chi connectivity index (χ2n) is 6.30.